The zero-order valence-electron chi connectivity index (χ0n) is 41.7. The Morgan fingerprint density at radius 2 is 1.74 bits per heavy atom. The van der Waals surface area contributed by atoms with Crippen LogP contribution in [0.5, 0.6) is 5.75 Å². The summed E-state index contributed by atoms with van der Waals surface area (Å²) in [6.07, 6.45) is 6.98. The number of rotatable bonds is 10. The van der Waals surface area contributed by atoms with Gasteiger partial charge in [0.05, 0.1) is 18.2 Å². The Morgan fingerprint density at radius 3 is 2.41 bits per heavy atom. The van der Waals surface area contributed by atoms with E-state index in [2.05, 4.69) is 70.7 Å². The lowest BCUT2D eigenvalue weighted by Gasteiger charge is -2.37. The second-order valence-electron chi connectivity index (χ2n) is 19.6. The van der Waals surface area contributed by atoms with E-state index in [4.69, 9.17) is 4.74 Å². The molecule has 0 unspecified atom stereocenters. The summed E-state index contributed by atoms with van der Waals surface area (Å²) in [6, 6.07) is 10.7. The van der Waals surface area contributed by atoms with Crippen molar-refractivity contribution in [3.05, 3.63) is 84.2 Å². The van der Waals surface area contributed by atoms with E-state index in [-0.39, 0.29) is 104 Å². The van der Waals surface area contributed by atoms with Crippen LogP contribution < -0.4 is 10.7 Å². The molecule has 3 aliphatic rings. The first-order valence-corrected chi connectivity index (χ1v) is 23.2. The largest absolute Gasteiger partial charge is 0.508 e. The van der Waals surface area contributed by atoms with Gasteiger partial charge in [0.1, 0.15) is 23.9 Å². The fourth-order valence-electron chi connectivity index (χ4n) is 10.0. The number of carbonyl (C=O) groups excluding carboxylic acids is 5. The van der Waals surface area contributed by atoms with E-state index in [9.17, 15) is 29.1 Å². The first-order chi connectivity index (χ1) is 31.4. The lowest BCUT2D eigenvalue weighted by molar-refractivity contribution is -0.155. The monoisotopic (exact) mass is 1040 g/mol. The van der Waals surface area contributed by atoms with Crippen LogP contribution in [0.1, 0.15) is 70.6 Å². The number of hydrazine groups is 1. The lowest BCUT2D eigenvalue weighted by Crippen LogP contribution is -2.62. The molecular formula is C51H74N8O7S4. The van der Waals surface area contributed by atoms with Gasteiger partial charge in [-0.3, -0.25) is 34.0 Å². The third kappa shape index (κ3) is 13.1. The molecule has 4 aromatic rings. The van der Waals surface area contributed by atoms with Gasteiger partial charge in [-0.25, -0.2) is 5.43 Å². The molecule has 0 spiro atoms. The molecule has 2 aromatic carbocycles. The van der Waals surface area contributed by atoms with Crippen molar-refractivity contribution in [2.75, 3.05) is 47.4 Å². The quantitative estimate of drug-likeness (QED) is 0.131. The van der Waals surface area contributed by atoms with E-state index < -0.39 is 47.2 Å². The molecule has 15 nitrogen and oxygen atoms in total. The van der Waals surface area contributed by atoms with Crippen molar-refractivity contribution in [1.82, 2.24) is 40.0 Å². The summed E-state index contributed by atoms with van der Waals surface area (Å²) >= 11 is 0. The SMILES string of the molecule is C=CC(=O)N1CC[C@H](C(=O)N(C)[C@H](C(=O)N[C@H]2Cc3cc(O)cc(c3)-c3ccc4c(c3)c(c(-c3ccncc3CN(C)C)n4CC)CC(C)(C)COC(=O)[C@@H]3CCCN(N3)C2=O)C(C)C)C1.S.S.S.S. The van der Waals surface area contributed by atoms with Crippen LogP contribution in [0.3, 0.4) is 0 Å². The number of phenolic OH excluding ortho intramolecular Hbond substituents is 1. The first-order valence-electron chi connectivity index (χ1n) is 23.2. The van der Waals surface area contributed by atoms with E-state index >= 15 is 0 Å². The number of pyridine rings is 1. The zero-order valence-corrected chi connectivity index (χ0v) is 45.7. The minimum Gasteiger partial charge on any atom is -0.508 e. The van der Waals surface area contributed by atoms with Gasteiger partial charge in [-0.15, -0.1) is 0 Å². The average molecular weight is 1040 g/mol. The van der Waals surface area contributed by atoms with Gasteiger partial charge in [0.2, 0.25) is 17.7 Å². The van der Waals surface area contributed by atoms with Crippen LogP contribution in [0.4, 0.5) is 0 Å². The molecule has 7 rings (SSSR count). The highest BCUT2D eigenvalue weighted by atomic mass is 32.1. The fourth-order valence-corrected chi connectivity index (χ4v) is 10.0. The maximum absolute atomic E-state index is 14.7. The van der Waals surface area contributed by atoms with E-state index in [1.165, 1.54) is 16.0 Å². The highest BCUT2D eigenvalue weighted by Gasteiger charge is 2.40. The highest BCUT2D eigenvalue weighted by molar-refractivity contribution is 7.59. The number of ether oxygens (including phenoxy) is 1. The molecular weight excluding hydrogens is 965 g/mol. The summed E-state index contributed by atoms with van der Waals surface area (Å²) in [5.41, 5.74) is 10.2. The minimum absolute atomic E-state index is 0. The van der Waals surface area contributed by atoms with Gasteiger partial charge >= 0.3 is 5.97 Å². The number of aromatic nitrogens is 2. The van der Waals surface area contributed by atoms with Crippen molar-refractivity contribution in [2.24, 2.45) is 17.3 Å². The van der Waals surface area contributed by atoms with Crippen LogP contribution in [0.25, 0.3) is 33.3 Å². The molecule has 19 heteroatoms. The van der Waals surface area contributed by atoms with Gasteiger partial charge in [0.25, 0.3) is 5.91 Å². The van der Waals surface area contributed by atoms with Crippen molar-refractivity contribution in [3.63, 3.8) is 0 Å². The number of aromatic hydroxyl groups is 1. The number of fused-ring (bicyclic) bond motifs is 6. The molecule has 6 bridgehead atoms. The van der Waals surface area contributed by atoms with Crippen LogP contribution in [0.15, 0.2) is 67.5 Å². The third-order valence-corrected chi connectivity index (χ3v) is 13.2. The van der Waals surface area contributed by atoms with Gasteiger partial charge in [0, 0.05) is 80.5 Å². The van der Waals surface area contributed by atoms with Crippen molar-refractivity contribution >= 4 is 94.5 Å². The summed E-state index contributed by atoms with van der Waals surface area (Å²) in [5, 5.41) is 16.8. The van der Waals surface area contributed by atoms with Gasteiger partial charge < -0.3 is 34.4 Å². The van der Waals surface area contributed by atoms with Crippen molar-refractivity contribution in [2.45, 2.75) is 97.9 Å². The summed E-state index contributed by atoms with van der Waals surface area (Å²) < 4.78 is 8.45. The standard InChI is InChI=1S/C51H66N8O7.4H2S/c1-10-44(61)57-20-17-34(29-57)48(63)56(9)45(31(3)4)47(62)53-42-23-32-21-35(24-37(60)22-32)33-14-15-43-39(25-33)40(46(58(43)11-2)38-16-18-52-27-36(38)28-55(7)8)26-51(5,6)30-66-50(65)41-13-12-19-59(54-41)49(42)64;;;;/h10,14-16,18,21-22,24-25,27,31,34,41-42,45,54,60H,1,11-13,17,19-20,23,26,28-30H2,2-9H3,(H,53,62);4*1H2/t34-,41-,42-,45-;;;;/m0..../s1. The number of hydrogen-bond donors (Lipinski definition) is 3. The van der Waals surface area contributed by atoms with Gasteiger partial charge in [-0.2, -0.15) is 54.0 Å². The number of phenols is 1. The third-order valence-electron chi connectivity index (χ3n) is 13.2. The Balaban J connectivity index is 0.00000324. The molecule has 0 radical (unpaired) electrons. The molecule has 2 saturated heterocycles. The summed E-state index contributed by atoms with van der Waals surface area (Å²) in [6.45, 7) is 16.0. The zero-order chi connectivity index (χ0) is 47.6. The number of likely N-dealkylation sites (tertiary alicyclic amines) is 1. The van der Waals surface area contributed by atoms with Crippen LogP contribution in [-0.2, 0) is 54.6 Å². The van der Waals surface area contributed by atoms with Gasteiger partial charge in [-0.1, -0.05) is 46.4 Å². The second-order valence-corrected chi connectivity index (χ2v) is 19.6. The number of aryl methyl sites for hydroxylation is 1. The van der Waals surface area contributed by atoms with Crippen LogP contribution in [0.2, 0.25) is 0 Å². The number of benzene rings is 2. The molecule has 2 aromatic heterocycles. The molecule has 384 valence electrons. The fraction of sp³-hybridized carbons (Fsp3) is 0.490. The summed E-state index contributed by atoms with van der Waals surface area (Å²) in [5.74, 6) is -2.82. The minimum atomic E-state index is -1.16. The van der Waals surface area contributed by atoms with E-state index in [1.807, 2.05) is 52.5 Å². The Kier molecular flexibility index (Phi) is 21.4. The average Bonchev–Trinajstić information content (AvgIpc) is 3.89. The summed E-state index contributed by atoms with van der Waals surface area (Å²) in [7, 11) is 5.66. The van der Waals surface area contributed by atoms with Crippen LogP contribution in [-0.4, -0.2) is 129 Å². The number of amides is 4. The van der Waals surface area contributed by atoms with Gasteiger partial charge in [0.15, 0.2) is 0 Å². The molecule has 0 saturated carbocycles. The van der Waals surface area contributed by atoms with Crippen molar-refractivity contribution in [3.8, 4) is 28.1 Å². The number of carbonyl (C=O) groups is 5. The van der Waals surface area contributed by atoms with E-state index in [0.29, 0.717) is 50.9 Å². The number of hydrogen-bond acceptors (Lipinski definition) is 10. The molecule has 3 aliphatic heterocycles. The predicted molar refractivity (Wildman–Crippen MR) is 295 cm³/mol. The molecule has 0 aliphatic carbocycles. The molecule has 4 amide bonds. The number of cyclic esters (lactones) is 1. The Bertz CT molecular complexity index is 2530. The van der Waals surface area contributed by atoms with Crippen molar-refractivity contribution < 1.29 is 33.8 Å². The number of likely N-dealkylation sites (N-methyl/N-ethyl adjacent to an activating group) is 1. The number of esters is 1. The molecule has 5 heterocycles. The topological polar surface area (TPSA) is 170 Å². The molecule has 2 fully saturated rings. The van der Waals surface area contributed by atoms with Crippen molar-refractivity contribution in [1.29, 1.82) is 0 Å². The Hall–Kier alpha value is -4.66. The maximum atomic E-state index is 14.7. The first kappa shape index (κ1) is 59.6. The highest BCUT2D eigenvalue weighted by Crippen LogP contribution is 2.41. The Labute approximate surface area is 440 Å². The second kappa shape index (κ2) is 25.1. The number of nitrogens with zero attached hydrogens (tertiary/aromatic N) is 6. The lowest BCUT2D eigenvalue weighted by atomic mass is 9.84. The normalized spacial score (nSPS) is 19.4. The Morgan fingerprint density at radius 1 is 1.01 bits per heavy atom. The van der Waals surface area contributed by atoms with Crippen LogP contribution in [0, 0.1) is 17.3 Å². The maximum Gasteiger partial charge on any atom is 0.324 e. The smallest absolute Gasteiger partial charge is 0.324 e. The number of nitrogens with one attached hydrogen (secondary N) is 2. The van der Waals surface area contributed by atoms with Gasteiger partial charge in [-0.05, 0) is 117 Å². The van der Waals surface area contributed by atoms with E-state index in [0.717, 1.165) is 44.4 Å². The molecule has 70 heavy (non-hydrogen) atoms. The predicted octanol–water partition coefficient (Wildman–Crippen LogP) is 5.77. The van der Waals surface area contributed by atoms with Crippen LogP contribution >= 0.6 is 54.0 Å². The molecule has 3 N–H and O–H groups in total. The molecule has 4 atom stereocenters. The summed E-state index contributed by atoms with van der Waals surface area (Å²) in [4.78, 5) is 79.0. The van der Waals surface area contributed by atoms with E-state index in [1.54, 1.807) is 24.1 Å².